The molecular weight excluding hydrogens is 169 g/mol. The summed E-state index contributed by atoms with van der Waals surface area (Å²) in [5.41, 5.74) is 0.0735. The summed E-state index contributed by atoms with van der Waals surface area (Å²) in [6.07, 6.45) is 1.36. The molecule has 0 aliphatic rings. The summed E-state index contributed by atoms with van der Waals surface area (Å²) in [5.74, 6) is -0.569. The second-order valence-corrected chi connectivity index (χ2v) is 2.29. The largest absolute Gasteiger partial charge is 0.315 e. The molecule has 0 spiro atoms. The summed E-state index contributed by atoms with van der Waals surface area (Å²) in [6, 6.07) is 3.95. The molecular formula is C7H4ClFNO. The van der Waals surface area contributed by atoms with E-state index in [9.17, 15) is 9.18 Å². The Hall–Kier alpha value is -1.09. The van der Waals surface area contributed by atoms with E-state index in [-0.39, 0.29) is 5.69 Å². The summed E-state index contributed by atoms with van der Waals surface area (Å²) in [4.78, 5) is 9.78. The van der Waals surface area contributed by atoms with Crippen LogP contribution in [-0.2, 0) is 4.79 Å². The van der Waals surface area contributed by atoms with Crippen LogP contribution in [0.4, 0.5) is 10.1 Å². The highest BCUT2D eigenvalue weighted by Crippen LogP contribution is 2.17. The number of hydrogen-bond acceptors (Lipinski definition) is 1. The first kappa shape index (κ1) is 8.01. The van der Waals surface area contributed by atoms with Crippen molar-refractivity contribution in [3.63, 3.8) is 0 Å². The van der Waals surface area contributed by atoms with Gasteiger partial charge < -0.3 is 5.32 Å². The zero-order valence-corrected chi connectivity index (χ0v) is 6.15. The van der Waals surface area contributed by atoms with Gasteiger partial charge in [-0.2, -0.15) is 0 Å². The molecule has 0 aromatic heterocycles. The van der Waals surface area contributed by atoms with Gasteiger partial charge in [-0.25, -0.2) is 4.39 Å². The molecule has 1 aromatic carbocycles. The van der Waals surface area contributed by atoms with Crippen LogP contribution in [0.15, 0.2) is 18.2 Å². The Morgan fingerprint density at radius 2 is 2.27 bits per heavy atom. The van der Waals surface area contributed by atoms with Crippen molar-refractivity contribution < 1.29 is 9.18 Å². The second kappa shape index (κ2) is 3.34. The third-order valence-electron chi connectivity index (χ3n) is 1.12. The minimum Gasteiger partial charge on any atom is -0.315 e. The van der Waals surface area contributed by atoms with E-state index < -0.39 is 5.82 Å². The maximum absolute atomic E-state index is 12.7. The molecule has 0 fully saturated rings. The summed E-state index contributed by atoms with van der Waals surface area (Å²) < 4.78 is 12.7. The Labute approximate surface area is 68.0 Å². The van der Waals surface area contributed by atoms with Crippen molar-refractivity contribution in [1.82, 2.24) is 0 Å². The van der Waals surface area contributed by atoms with Crippen LogP contribution in [0.3, 0.4) is 0 Å². The second-order valence-electron chi connectivity index (χ2n) is 1.85. The van der Waals surface area contributed by atoms with Crippen molar-refractivity contribution in [2.45, 2.75) is 0 Å². The number of halogens is 2. The predicted octanol–water partition coefficient (Wildman–Crippen LogP) is 1.96. The lowest BCUT2D eigenvalue weighted by atomic mass is 10.3. The predicted molar refractivity (Wildman–Crippen MR) is 40.7 cm³/mol. The molecule has 1 aromatic rings. The third-order valence-corrected chi connectivity index (χ3v) is 1.35. The van der Waals surface area contributed by atoms with Crippen LogP contribution in [0, 0.1) is 5.82 Å². The topological polar surface area (TPSA) is 29.1 Å². The molecule has 0 atom stereocenters. The van der Waals surface area contributed by atoms with Crippen molar-refractivity contribution in [2.75, 3.05) is 5.32 Å². The molecule has 0 unspecified atom stereocenters. The van der Waals surface area contributed by atoms with E-state index in [1.807, 2.05) is 0 Å². The molecule has 1 radical (unpaired) electrons. The number of hydrogen-bond donors (Lipinski definition) is 1. The van der Waals surface area contributed by atoms with Crippen LogP contribution in [0.5, 0.6) is 0 Å². The number of rotatable bonds is 2. The van der Waals surface area contributed by atoms with Gasteiger partial charge in [0.05, 0.1) is 5.69 Å². The molecule has 1 rings (SSSR count). The first-order valence-corrected chi connectivity index (χ1v) is 3.20. The van der Waals surface area contributed by atoms with Crippen LogP contribution >= 0.6 is 11.6 Å². The van der Waals surface area contributed by atoms with Crippen molar-refractivity contribution in [2.24, 2.45) is 0 Å². The van der Waals surface area contributed by atoms with E-state index in [1.54, 1.807) is 0 Å². The molecule has 0 heterocycles. The Bertz CT molecular complexity index is 277. The van der Waals surface area contributed by atoms with Gasteiger partial charge in [0, 0.05) is 5.02 Å². The average Bonchev–Trinajstić information content (AvgIpc) is 1.95. The van der Waals surface area contributed by atoms with Crippen molar-refractivity contribution in [3.05, 3.63) is 29.0 Å². The Morgan fingerprint density at radius 3 is 2.82 bits per heavy atom. The van der Waals surface area contributed by atoms with Crippen LogP contribution in [0.2, 0.25) is 5.02 Å². The van der Waals surface area contributed by atoms with Crippen LogP contribution in [0.25, 0.3) is 0 Å². The van der Waals surface area contributed by atoms with Gasteiger partial charge in [0.25, 0.3) is 0 Å². The SMILES string of the molecule is O=[C]Nc1ccc(Cl)cc1F. The first-order valence-electron chi connectivity index (χ1n) is 2.82. The van der Waals surface area contributed by atoms with Gasteiger partial charge in [-0.05, 0) is 18.2 Å². The maximum atomic E-state index is 12.7. The van der Waals surface area contributed by atoms with E-state index in [0.717, 1.165) is 6.07 Å². The normalized spacial score (nSPS) is 9.27. The fourth-order valence-corrected chi connectivity index (χ4v) is 0.805. The van der Waals surface area contributed by atoms with Crippen LogP contribution in [-0.4, -0.2) is 6.41 Å². The van der Waals surface area contributed by atoms with Gasteiger partial charge in [-0.1, -0.05) is 11.6 Å². The molecule has 4 heteroatoms. The standard InChI is InChI=1S/C7H4ClFNO/c8-5-1-2-7(10-4-11)6(9)3-5/h1-3H,(H,10,11). The smallest absolute Gasteiger partial charge is 0.314 e. The Balaban J connectivity index is 2.98. The summed E-state index contributed by atoms with van der Waals surface area (Å²) in [7, 11) is 0. The van der Waals surface area contributed by atoms with Crippen LogP contribution in [0.1, 0.15) is 0 Å². The quantitative estimate of drug-likeness (QED) is 0.679. The highest BCUT2D eigenvalue weighted by molar-refractivity contribution is 6.30. The highest BCUT2D eigenvalue weighted by Gasteiger charge is 2.00. The molecule has 1 amide bonds. The van der Waals surface area contributed by atoms with Gasteiger partial charge in [-0.3, -0.25) is 4.79 Å². The average molecular weight is 173 g/mol. The van der Waals surface area contributed by atoms with E-state index >= 15 is 0 Å². The van der Waals surface area contributed by atoms with Crippen molar-refractivity contribution in [1.29, 1.82) is 0 Å². The number of benzene rings is 1. The molecule has 57 valence electrons. The van der Waals surface area contributed by atoms with Gasteiger partial charge in [0.15, 0.2) is 0 Å². The van der Waals surface area contributed by atoms with Gasteiger partial charge >= 0.3 is 6.41 Å². The monoisotopic (exact) mass is 172 g/mol. The van der Waals surface area contributed by atoms with E-state index in [4.69, 9.17) is 11.6 Å². The van der Waals surface area contributed by atoms with Crippen molar-refractivity contribution in [3.8, 4) is 0 Å². The van der Waals surface area contributed by atoms with Gasteiger partial charge in [0.2, 0.25) is 0 Å². The molecule has 0 saturated carbocycles. The Kier molecular flexibility index (Phi) is 2.44. The summed E-state index contributed by atoms with van der Waals surface area (Å²) in [6.45, 7) is 0. The van der Waals surface area contributed by atoms with E-state index in [0.29, 0.717) is 5.02 Å². The zero-order valence-electron chi connectivity index (χ0n) is 5.40. The van der Waals surface area contributed by atoms with Crippen LogP contribution < -0.4 is 5.32 Å². The molecule has 0 bridgehead atoms. The lowest BCUT2D eigenvalue weighted by molar-refractivity contribution is 0.560. The molecule has 1 N–H and O–H groups in total. The van der Waals surface area contributed by atoms with E-state index in [2.05, 4.69) is 5.32 Å². The Morgan fingerprint density at radius 1 is 1.55 bits per heavy atom. The first-order chi connectivity index (χ1) is 5.24. The lowest BCUT2D eigenvalue weighted by Gasteiger charge is -1.98. The fourth-order valence-electron chi connectivity index (χ4n) is 0.646. The minimum absolute atomic E-state index is 0.0735. The third kappa shape index (κ3) is 1.91. The number of anilines is 1. The zero-order chi connectivity index (χ0) is 8.27. The minimum atomic E-state index is -0.569. The molecule has 2 nitrogen and oxygen atoms in total. The molecule has 0 saturated heterocycles. The van der Waals surface area contributed by atoms with Gasteiger partial charge in [-0.15, -0.1) is 0 Å². The summed E-state index contributed by atoms with van der Waals surface area (Å²) in [5, 5.41) is 2.35. The fraction of sp³-hybridized carbons (Fsp3) is 0. The molecule has 11 heavy (non-hydrogen) atoms. The maximum Gasteiger partial charge on any atom is 0.314 e. The molecule has 0 aliphatic carbocycles. The van der Waals surface area contributed by atoms with Gasteiger partial charge in [0.1, 0.15) is 5.82 Å². The number of amides is 1. The molecule has 0 aliphatic heterocycles. The summed E-state index contributed by atoms with van der Waals surface area (Å²) >= 11 is 5.45. The number of carbonyl (C=O) groups excluding carboxylic acids is 1. The lowest BCUT2D eigenvalue weighted by Crippen LogP contribution is -1.95. The number of nitrogens with one attached hydrogen (secondary N) is 1. The van der Waals surface area contributed by atoms with E-state index in [1.165, 1.54) is 18.5 Å². The van der Waals surface area contributed by atoms with Crippen molar-refractivity contribution >= 4 is 23.7 Å². The highest BCUT2D eigenvalue weighted by atomic mass is 35.5.